The lowest BCUT2D eigenvalue weighted by molar-refractivity contribution is -0.147. The smallest absolute Gasteiger partial charge is 0.408 e. The molecular weight excluding hydrogens is 496 g/mol. The summed E-state index contributed by atoms with van der Waals surface area (Å²) in [4.78, 5) is 37.3. The summed E-state index contributed by atoms with van der Waals surface area (Å²) in [6, 6.07) is 24.5. The van der Waals surface area contributed by atoms with Gasteiger partial charge in [-0.2, -0.15) is 0 Å². The Labute approximate surface area is 215 Å². The van der Waals surface area contributed by atoms with E-state index in [0.717, 1.165) is 11.1 Å². The molecule has 0 saturated heterocycles. The molecule has 3 aromatic carbocycles. The number of carbonyl (C=O) groups excluding carboxylic acids is 3. The molecule has 0 radical (unpaired) electrons. The maximum absolute atomic E-state index is 12.7. The van der Waals surface area contributed by atoms with E-state index in [2.05, 4.69) is 5.32 Å². The number of benzene rings is 3. The highest BCUT2D eigenvalue weighted by Gasteiger charge is 2.24. The summed E-state index contributed by atoms with van der Waals surface area (Å²) in [5.74, 6) is -1.43. The number of alkyl carbamates (subject to hydrolysis) is 1. The van der Waals surface area contributed by atoms with Gasteiger partial charge in [-0.3, -0.25) is 4.79 Å². The van der Waals surface area contributed by atoms with Crippen LogP contribution in [0, 0.1) is 0 Å². The second-order valence-electron chi connectivity index (χ2n) is 8.09. The molecule has 1 atom stereocenters. The van der Waals surface area contributed by atoms with Gasteiger partial charge in [0.1, 0.15) is 19.3 Å². The maximum atomic E-state index is 12.7. The Morgan fingerprint density at radius 3 is 1.81 bits per heavy atom. The van der Waals surface area contributed by atoms with Crippen molar-refractivity contribution in [3.8, 4) is 0 Å². The summed E-state index contributed by atoms with van der Waals surface area (Å²) in [7, 11) is -4.00. The quantitative estimate of drug-likeness (QED) is 0.346. The molecule has 9 nitrogen and oxygen atoms in total. The first-order valence-electron chi connectivity index (χ1n) is 11.6. The van der Waals surface area contributed by atoms with Crippen molar-refractivity contribution in [1.82, 2.24) is 10.0 Å². The first-order valence-corrected chi connectivity index (χ1v) is 13.1. The van der Waals surface area contributed by atoms with Gasteiger partial charge in [0.05, 0.1) is 4.90 Å². The number of amides is 2. The van der Waals surface area contributed by atoms with Crippen molar-refractivity contribution < 1.29 is 32.3 Å². The fourth-order valence-corrected chi connectivity index (χ4v) is 4.35. The molecule has 2 amide bonds. The second-order valence-corrected chi connectivity index (χ2v) is 9.77. The first kappa shape index (κ1) is 27.4. The van der Waals surface area contributed by atoms with E-state index in [1.807, 2.05) is 41.1 Å². The molecule has 0 aliphatic carbocycles. The standard InChI is InChI=1S/C27H28N2O7S/c30-25(29-37(33,34)23-15-8-3-9-16-23)18-10-17-24(26(31)35-19-21-11-4-1-5-12-21)28-27(32)36-20-22-13-6-2-7-14-22/h1-9,11-16,24H,10,17-20H2,(H,28,32)(H,29,30). The molecule has 2 N–H and O–H groups in total. The lowest BCUT2D eigenvalue weighted by atomic mass is 10.1. The fourth-order valence-electron chi connectivity index (χ4n) is 3.31. The normalized spacial score (nSPS) is 11.7. The van der Waals surface area contributed by atoms with E-state index in [0.29, 0.717) is 0 Å². The molecule has 0 heterocycles. The Hall–Kier alpha value is -4.18. The number of ether oxygens (including phenoxy) is 2. The van der Waals surface area contributed by atoms with Crippen LogP contribution in [-0.4, -0.2) is 32.4 Å². The lowest BCUT2D eigenvalue weighted by Crippen LogP contribution is -2.42. The Bertz CT molecular complexity index is 1270. The second kappa shape index (κ2) is 13.8. The van der Waals surface area contributed by atoms with Crippen LogP contribution in [0.25, 0.3) is 0 Å². The van der Waals surface area contributed by atoms with Crippen molar-refractivity contribution in [2.45, 2.75) is 43.4 Å². The van der Waals surface area contributed by atoms with Crippen LogP contribution in [0.3, 0.4) is 0 Å². The Morgan fingerprint density at radius 2 is 1.24 bits per heavy atom. The Balaban J connectivity index is 1.55. The average Bonchev–Trinajstić information content (AvgIpc) is 2.91. The van der Waals surface area contributed by atoms with Crippen molar-refractivity contribution in [1.29, 1.82) is 0 Å². The molecule has 0 fully saturated rings. The van der Waals surface area contributed by atoms with Gasteiger partial charge in [-0.25, -0.2) is 22.7 Å². The van der Waals surface area contributed by atoms with E-state index < -0.39 is 34.0 Å². The third kappa shape index (κ3) is 9.42. The van der Waals surface area contributed by atoms with Crippen molar-refractivity contribution >= 4 is 28.0 Å². The van der Waals surface area contributed by atoms with Gasteiger partial charge in [-0.15, -0.1) is 0 Å². The van der Waals surface area contributed by atoms with Gasteiger partial charge < -0.3 is 14.8 Å². The summed E-state index contributed by atoms with van der Waals surface area (Å²) in [6.07, 6.45) is -0.857. The highest BCUT2D eigenvalue weighted by molar-refractivity contribution is 7.90. The van der Waals surface area contributed by atoms with Crippen LogP contribution in [0.4, 0.5) is 4.79 Å². The molecule has 10 heteroatoms. The van der Waals surface area contributed by atoms with Gasteiger partial charge in [0, 0.05) is 6.42 Å². The van der Waals surface area contributed by atoms with E-state index in [1.54, 1.807) is 42.5 Å². The number of hydrogen-bond donors (Lipinski definition) is 2. The van der Waals surface area contributed by atoms with E-state index in [-0.39, 0.29) is 37.4 Å². The molecule has 1 unspecified atom stereocenters. The van der Waals surface area contributed by atoms with Crippen molar-refractivity contribution in [2.24, 2.45) is 0 Å². The van der Waals surface area contributed by atoms with Gasteiger partial charge >= 0.3 is 12.1 Å². The molecule has 0 aliphatic rings. The number of sulfonamides is 1. The molecule has 194 valence electrons. The fraction of sp³-hybridized carbons (Fsp3) is 0.222. The third-order valence-corrected chi connectivity index (χ3v) is 6.60. The topological polar surface area (TPSA) is 128 Å². The summed E-state index contributed by atoms with van der Waals surface area (Å²) in [6.45, 7) is 0.0188. The average molecular weight is 525 g/mol. The summed E-state index contributed by atoms with van der Waals surface area (Å²) < 4.78 is 37.2. The van der Waals surface area contributed by atoms with Crippen LogP contribution in [0.15, 0.2) is 95.9 Å². The molecule has 3 rings (SSSR count). The molecule has 3 aromatic rings. The summed E-state index contributed by atoms with van der Waals surface area (Å²) in [5.41, 5.74) is 1.55. The van der Waals surface area contributed by atoms with E-state index in [1.165, 1.54) is 12.1 Å². The molecule has 0 aromatic heterocycles. The van der Waals surface area contributed by atoms with Crippen LogP contribution < -0.4 is 10.0 Å². The number of esters is 1. The minimum Gasteiger partial charge on any atom is -0.459 e. The zero-order valence-corrected chi connectivity index (χ0v) is 20.9. The van der Waals surface area contributed by atoms with Crippen LogP contribution in [0.5, 0.6) is 0 Å². The maximum Gasteiger partial charge on any atom is 0.408 e. The minimum absolute atomic E-state index is 0.00667. The predicted octanol–water partition coefficient (Wildman–Crippen LogP) is 3.70. The van der Waals surface area contributed by atoms with Gasteiger partial charge in [-0.1, -0.05) is 78.9 Å². The molecule has 0 bridgehead atoms. The SMILES string of the molecule is O=C(CCCC(NC(=O)OCc1ccccc1)C(=O)OCc1ccccc1)NS(=O)(=O)c1ccccc1. The highest BCUT2D eigenvalue weighted by atomic mass is 32.2. The van der Waals surface area contributed by atoms with Crippen molar-refractivity contribution in [3.63, 3.8) is 0 Å². The Morgan fingerprint density at radius 1 is 0.730 bits per heavy atom. The van der Waals surface area contributed by atoms with Gasteiger partial charge in [0.2, 0.25) is 5.91 Å². The predicted molar refractivity (Wildman–Crippen MR) is 135 cm³/mol. The minimum atomic E-state index is -4.00. The van der Waals surface area contributed by atoms with Crippen molar-refractivity contribution in [3.05, 3.63) is 102 Å². The number of carbonyl (C=O) groups is 3. The summed E-state index contributed by atoms with van der Waals surface area (Å²) in [5, 5.41) is 2.49. The van der Waals surface area contributed by atoms with E-state index in [9.17, 15) is 22.8 Å². The third-order valence-electron chi connectivity index (χ3n) is 5.21. The van der Waals surface area contributed by atoms with Gasteiger partial charge in [-0.05, 0) is 36.1 Å². The van der Waals surface area contributed by atoms with Gasteiger partial charge in [0.25, 0.3) is 10.0 Å². The molecule has 0 spiro atoms. The van der Waals surface area contributed by atoms with Crippen LogP contribution >= 0.6 is 0 Å². The molecular formula is C27H28N2O7S. The number of hydrogen-bond acceptors (Lipinski definition) is 7. The largest absolute Gasteiger partial charge is 0.459 e. The highest BCUT2D eigenvalue weighted by Crippen LogP contribution is 2.10. The van der Waals surface area contributed by atoms with Crippen molar-refractivity contribution in [2.75, 3.05) is 0 Å². The van der Waals surface area contributed by atoms with Crippen LogP contribution in [-0.2, 0) is 42.3 Å². The zero-order chi connectivity index (χ0) is 26.5. The Kier molecular flexibility index (Phi) is 10.2. The molecule has 37 heavy (non-hydrogen) atoms. The molecule has 0 aliphatic heterocycles. The first-order chi connectivity index (χ1) is 17.8. The lowest BCUT2D eigenvalue weighted by Gasteiger charge is -2.18. The van der Waals surface area contributed by atoms with Gasteiger partial charge in [0.15, 0.2) is 0 Å². The number of nitrogens with one attached hydrogen (secondary N) is 2. The number of rotatable bonds is 12. The summed E-state index contributed by atoms with van der Waals surface area (Å²) >= 11 is 0. The molecule has 0 saturated carbocycles. The zero-order valence-electron chi connectivity index (χ0n) is 20.0. The monoisotopic (exact) mass is 524 g/mol. The van der Waals surface area contributed by atoms with E-state index >= 15 is 0 Å². The van der Waals surface area contributed by atoms with E-state index in [4.69, 9.17) is 9.47 Å². The van der Waals surface area contributed by atoms with Crippen LogP contribution in [0.2, 0.25) is 0 Å². The van der Waals surface area contributed by atoms with Crippen LogP contribution in [0.1, 0.15) is 30.4 Å².